The van der Waals surface area contributed by atoms with E-state index in [0.29, 0.717) is 19.4 Å². The second kappa shape index (κ2) is 17.1. The van der Waals surface area contributed by atoms with Gasteiger partial charge in [0.2, 0.25) is 17.7 Å². The van der Waals surface area contributed by atoms with Gasteiger partial charge in [-0.1, -0.05) is 61.3 Å². The zero-order valence-corrected chi connectivity index (χ0v) is 27.4. The molecule has 1 fully saturated rings. The number of likely N-dealkylation sites (N-methyl/N-ethyl adjacent to an activating group) is 2. The summed E-state index contributed by atoms with van der Waals surface area (Å²) in [5.41, 5.74) is 0. The number of nitrogens with one attached hydrogen (secondary N) is 2. The highest BCUT2D eigenvalue weighted by atomic mass is 16.2. The van der Waals surface area contributed by atoms with Crippen molar-refractivity contribution in [3.63, 3.8) is 0 Å². The molecule has 0 aromatic rings. The summed E-state index contributed by atoms with van der Waals surface area (Å²) in [5.74, 6) is 0.496. The molecule has 0 aliphatic heterocycles. The standard InChI is InChI=1S/C32H60N4O4/c1-12-22(7)26(17-18-27(37)25-16-14-15-24(25)19-23(8)30(38)33-13-2)36(11)32(40)28(20(3)4)34-31(39)29(21(5)6)35(9)10/h20-26,28-29H,12-19H2,1-11H3,(H,33,38)(H,34,39)/t22?,23-,24+,25?,26-,28?,29+/m1/s1. The van der Waals surface area contributed by atoms with Crippen molar-refractivity contribution >= 4 is 23.5 Å². The number of ketones is 1. The van der Waals surface area contributed by atoms with Crippen LogP contribution in [0.5, 0.6) is 0 Å². The first-order valence-electron chi connectivity index (χ1n) is 15.7. The molecule has 2 N–H and O–H groups in total. The van der Waals surface area contributed by atoms with E-state index in [1.165, 1.54) is 0 Å². The third-order valence-electron chi connectivity index (χ3n) is 9.05. The minimum absolute atomic E-state index is 0.00262. The maximum absolute atomic E-state index is 13.8. The fourth-order valence-electron chi connectivity index (χ4n) is 6.53. The van der Waals surface area contributed by atoms with Crippen molar-refractivity contribution in [2.24, 2.45) is 35.5 Å². The molecule has 0 radical (unpaired) electrons. The Kier molecular flexibility index (Phi) is 15.4. The number of rotatable bonds is 17. The lowest BCUT2D eigenvalue weighted by atomic mass is 9.82. The Hall–Kier alpha value is -1.96. The average molecular weight is 565 g/mol. The molecule has 1 saturated carbocycles. The molecule has 0 aromatic heterocycles. The molecule has 1 aliphatic carbocycles. The number of carbonyl (C=O) groups is 4. The number of nitrogens with zero attached hydrogens (tertiary/aromatic N) is 2. The Morgan fingerprint density at radius 3 is 2.00 bits per heavy atom. The van der Waals surface area contributed by atoms with Crippen LogP contribution in [0.25, 0.3) is 0 Å². The van der Waals surface area contributed by atoms with Crippen molar-refractivity contribution in [2.75, 3.05) is 27.7 Å². The SMILES string of the molecule is CCNC(=O)[C@H](C)C[C@@H]1CCCC1C(=O)CC[C@H](C(C)CC)N(C)C(=O)C(NC(=O)[C@H](C(C)C)N(C)C)C(C)C. The van der Waals surface area contributed by atoms with Crippen molar-refractivity contribution in [3.8, 4) is 0 Å². The van der Waals surface area contributed by atoms with Gasteiger partial charge in [0.15, 0.2) is 0 Å². The molecule has 0 heterocycles. The van der Waals surface area contributed by atoms with E-state index in [0.717, 1.165) is 32.1 Å². The van der Waals surface area contributed by atoms with Gasteiger partial charge < -0.3 is 15.5 Å². The van der Waals surface area contributed by atoms with E-state index in [1.54, 1.807) is 4.90 Å². The molecule has 1 rings (SSSR count). The molecular formula is C32H60N4O4. The summed E-state index contributed by atoms with van der Waals surface area (Å²) in [4.78, 5) is 56.4. The summed E-state index contributed by atoms with van der Waals surface area (Å²) in [6, 6.07) is -1.04. The molecule has 8 heteroatoms. The van der Waals surface area contributed by atoms with Crippen molar-refractivity contribution in [3.05, 3.63) is 0 Å². The molecule has 8 nitrogen and oxygen atoms in total. The zero-order chi connectivity index (χ0) is 30.7. The lowest BCUT2D eigenvalue weighted by Gasteiger charge is -2.37. The molecule has 0 spiro atoms. The molecule has 40 heavy (non-hydrogen) atoms. The van der Waals surface area contributed by atoms with Gasteiger partial charge in [0.25, 0.3) is 0 Å². The summed E-state index contributed by atoms with van der Waals surface area (Å²) in [6.45, 7) is 16.7. The van der Waals surface area contributed by atoms with E-state index in [1.807, 2.05) is 67.6 Å². The van der Waals surface area contributed by atoms with Gasteiger partial charge in [-0.05, 0) is 70.4 Å². The number of hydrogen-bond donors (Lipinski definition) is 2. The van der Waals surface area contributed by atoms with Crippen LogP contribution in [0.4, 0.5) is 0 Å². The molecule has 0 aromatic carbocycles. The van der Waals surface area contributed by atoms with Gasteiger partial charge >= 0.3 is 0 Å². The van der Waals surface area contributed by atoms with Gasteiger partial charge in [0.1, 0.15) is 11.8 Å². The molecular weight excluding hydrogens is 504 g/mol. The summed E-state index contributed by atoms with van der Waals surface area (Å²) in [5, 5.41) is 5.95. The second-order valence-corrected chi connectivity index (χ2v) is 13.1. The average Bonchev–Trinajstić information content (AvgIpc) is 3.34. The minimum Gasteiger partial charge on any atom is -0.356 e. The lowest BCUT2D eigenvalue weighted by Crippen LogP contribution is -2.57. The Morgan fingerprint density at radius 2 is 1.50 bits per heavy atom. The molecule has 1 aliphatic rings. The predicted molar refractivity (Wildman–Crippen MR) is 163 cm³/mol. The van der Waals surface area contributed by atoms with Gasteiger partial charge in [-0.25, -0.2) is 0 Å². The summed E-state index contributed by atoms with van der Waals surface area (Å²) >= 11 is 0. The van der Waals surface area contributed by atoms with E-state index in [9.17, 15) is 19.2 Å². The van der Waals surface area contributed by atoms with E-state index in [2.05, 4.69) is 24.5 Å². The quantitative estimate of drug-likeness (QED) is 0.271. The minimum atomic E-state index is -0.629. The Balaban J connectivity index is 2.97. The topological polar surface area (TPSA) is 98.8 Å². The Labute approximate surface area is 244 Å². The highest BCUT2D eigenvalue weighted by Crippen LogP contribution is 2.38. The van der Waals surface area contributed by atoms with Gasteiger partial charge in [0.05, 0.1) is 6.04 Å². The number of hydrogen-bond acceptors (Lipinski definition) is 5. The molecule has 3 unspecified atom stereocenters. The molecule has 3 amide bonds. The van der Waals surface area contributed by atoms with Gasteiger partial charge in [-0.15, -0.1) is 0 Å². The van der Waals surface area contributed by atoms with Crippen LogP contribution in [0.2, 0.25) is 0 Å². The Bertz CT molecular complexity index is 820. The highest BCUT2D eigenvalue weighted by Gasteiger charge is 2.37. The van der Waals surface area contributed by atoms with Crippen molar-refractivity contribution in [1.29, 1.82) is 0 Å². The zero-order valence-electron chi connectivity index (χ0n) is 27.4. The third-order valence-corrected chi connectivity index (χ3v) is 9.05. The molecule has 7 atom stereocenters. The van der Waals surface area contributed by atoms with E-state index < -0.39 is 6.04 Å². The summed E-state index contributed by atoms with van der Waals surface area (Å²) < 4.78 is 0. The first-order valence-corrected chi connectivity index (χ1v) is 15.7. The van der Waals surface area contributed by atoms with Crippen LogP contribution in [0, 0.1) is 35.5 Å². The van der Waals surface area contributed by atoms with E-state index in [-0.39, 0.29) is 71.1 Å². The number of carbonyl (C=O) groups excluding carboxylic acids is 4. The van der Waals surface area contributed by atoms with Crippen molar-refractivity contribution in [2.45, 2.75) is 118 Å². The van der Waals surface area contributed by atoms with Crippen molar-refractivity contribution < 1.29 is 19.2 Å². The monoisotopic (exact) mass is 564 g/mol. The third kappa shape index (κ3) is 10.1. The molecule has 232 valence electrons. The normalized spacial score (nSPS) is 21.1. The molecule has 0 saturated heterocycles. The van der Waals surface area contributed by atoms with Gasteiger partial charge in [-0.2, -0.15) is 0 Å². The van der Waals surface area contributed by atoms with Crippen LogP contribution in [0.3, 0.4) is 0 Å². The maximum atomic E-state index is 13.8. The summed E-state index contributed by atoms with van der Waals surface area (Å²) in [7, 11) is 5.59. The largest absolute Gasteiger partial charge is 0.356 e. The van der Waals surface area contributed by atoms with Crippen LogP contribution in [-0.2, 0) is 19.2 Å². The first kappa shape index (κ1) is 36.1. The number of Topliss-reactive ketones (excluding diaryl/α,β-unsaturated/α-hetero) is 1. The fourth-order valence-corrected chi connectivity index (χ4v) is 6.53. The van der Waals surface area contributed by atoms with Crippen molar-refractivity contribution in [1.82, 2.24) is 20.4 Å². The Morgan fingerprint density at radius 1 is 0.875 bits per heavy atom. The summed E-state index contributed by atoms with van der Waals surface area (Å²) in [6.07, 6.45) is 5.58. The first-order chi connectivity index (χ1) is 18.7. The fraction of sp³-hybridized carbons (Fsp3) is 0.875. The number of amides is 3. The maximum Gasteiger partial charge on any atom is 0.245 e. The van der Waals surface area contributed by atoms with Crippen LogP contribution < -0.4 is 10.6 Å². The van der Waals surface area contributed by atoms with E-state index in [4.69, 9.17) is 0 Å². The van der Waals surface area contributed by atoms with Crippen LogP contribution >= 0.6 is 0 Å². The predicted octanol–water partition coefficient (Wildman–Crippen LogP) is 4.51. The molecule has 0 bridgehead atoms. The van der Waals surface area contributed by atoms with Crippen LogP contribution in [0.15, 0.2) is 0 Å². The van der Waals surface area contributed by atoms with E-state index >= 15 is 0 Å². The lowest BCUT2D eigenvalue weighted by molar-refractivity contribution is -0.141. The highest BCUT2D eigenvalue weighted by molar-refractivity contribution is 5.90. The van der Waals surface area contributed by atoms with Crippen LogP contribution in [-0.4, -0.2) is 79.1 Å². The van der Waals surface area contributed by atoms with Gasteiger partial charge in [0, 0.05) is 37.9 Å². The van der Waals surface area contributed by atoms with Gasteiger partial charge in [-0.3, -0.25) is 24.1 Å². The smallest absolute Gasteiger partial charge is 0.245 e. The van der Waals surface area contributed by atoms with Crippen LogP contribution in [0.1, 0.15) is 100 Å². The second-order valence-electron chi connectivity index (χ2n) is 13.1.